The van der Waals surface area contributed by atoms with E-state index in [2.05, 4.69) is 170 Å². The number of likely N-dealkylation sites (N-methyl/N-ethyl adjacent to an activating group) is 1. The first kappa shape index (κ1) is 102. The van der Waals surface area contributed by atoms with Crippen LogP contribution in [0.1, 0.15) is 105 Å². The molecule has 0 spiro atoms. The standard InChI is InChI=1S/C27H32ClN5O.C26H29ClN4O.C22H24ClN3O.2C21H22ClN3O/c1-31-14-16-33(17-15-31)27(34)21-10-12-32(13-11-21)25-18-26(30-24-5-3-2-4-23(24)25)29-19-20-6-8-22(28)9-7-20;27-21-9-7-19(8-10-21)18-28-25-17-24(22-5-1-2-6-23(22)29-25)30-15-11-20(12-16-30)26(32)31-13-3-4-14-31;1-27-15-18-5-4-12-26(18)21-13-22(25-20-7-3-2-6-19(20)21)24-14-16-8-10-17(23)11-9-16;2*22-16-9-7-15(8-10-16)13-23-21-12-20(25-11-3-4-17(25)14-26)18-5-1-2-6-19(18)24-21/h2-9,18,21H,10-17,19H2,1H3,(H,29,30);1-2,5-10,17,20H,3-4,11-16,18H2,(H,28,29);2-3,6-11,13,18H,4-5,12,14-15H2,1H3,(H,24,25);2*1-2,5-10,12,17,26H,3-4,11,13-14H2,(H,23,24)/t;;18-;2*17-/m..010/s1. The van der Waals surface area contributed by atoms with Gasteiger partial charge in [0, 0.05) is 231 Å². The van der Waals surface area contributed by atoms with Gasteiger partial charge in [0.1, 0.15) is 29.1 Å². The highest BCUT2D eigenvalue weighted by Crippen LogP contribution is 2.41. The van der Waals surface area contributed by atoms with Crippen molar-refractivity contribution in [1.29, 1.82) is 0 Å². The van der Waals surface area contributed by atoms with Crippen molar-refractivity contribution in [3.63, 3.8) is 0 Å². The third-order valence-corrected chi connectivity index (χ3v) is 30.1. The van der Waals surface area contributed by atoms with Crippen LogP contribution in [0.15, 0.2) is 273 Å². The van der Waals surface area contributed by atoms with Crippen molar-refractivity contribution >= 4 is 182 Å². The lowest BCUT2D eigenvalue weighted by Crippen LogP contribution is -2.50. The van der Waals surface area contributed by atoms with Gasteiger partial charge in [0.25, 0.3) is 0 Å². The number of piperazine rings is 1. The molecular weight excluding hydrogens is 1910 g/mol. The van der Waals surface area contributed by atoms with Crippen molar-refractivity contribution in [2.45, 2.75) is 128 Å². The molecule has 145 heavy (non-hydrogen) atoms. The van der Waals surface area contributed by atoms with Crippen molar-refractivity contribution in [3.05, 3.63) is 326 Å². The van der Waals surface area contributed by atoms with Gasteiger partial charge in [0.2, 0.25) is 11.8 Å². The number of carbonyl (C=O) groups is 2. The number of rotatable bonds is 26. The Morgan fingerprint density at radius 1 is 0.303 bits per heavy atom. The first-order valence-corrected chi connectivity index (χ1v) is 53.0. The summed E-state index contributed by atoms with van der Waals surface area (Å²) in [6.07, 6.45) is 12.6. The van der Waals surface area contributed by atoms with E-state index in [0.717, 1.165) is 299 Å². The Morgan fingerprint density at radius 2 is 0.552 bits per heavy atom. The van der Waals surface area contributed by atoms with Gasteiger partial charge in [-0.15, -0.1) is 0 Å². The summed E-state index contributed by atoms with van der Waals surface area (Å²) < 4.78 is 5.45. The number of amides is 2. The number of aliphatic hydroxyl groups is 2. The number of carbonyl (C=O) groups excluding carboxylic acids is 2. The number of anilines is 10. The van der Waals surface area contributed by atoms with Crippen LogP contribution < -0.4 is 51.1 Å². The monoisotopic (exact) mass is 2040 g/mol. The van der Waals surface area contributed by atoms with Crippen molar-refractivity contribution in [1.82, 2.24) is 39.6 Å². The maximum atomic E-state index is 13.1. The Kier molecular flexibility index (Phi) is 35.4. The number of piperidine rings is 2. The Morgan fingerprint density at radius 3 is 0.828 bits per heavy atom. The van der Waals surface area contributed by atoms with Gasteiger partial charge < -0.3 is 80.7 Å². The molecule has 22 rings (SSSR count). The highest BCUT2D eigenvalue weighted by atomic mass is 35.5. The van der Waals surface area contributed by atoms with Crippen LogP contribution in [0.5, 0.6) is 0 Å². The van der Waals surface area contributed by atoms with Gasteiger partial charge in [-0.1, -0.05) is 210 Å². The van der Waals surface area contributed by atoms with Gasteiger partial charge in [-0.3, -0.25) is 9.59 Å². The van der Waals surface area contributed by atoms with Crippen LogP contribution >= 0.6 is 58.0 Å². The Bertz CT molecular complexity index is 6660. The predicted molar refractivity (Wildman–Crippen MR) is 600 cm³/mol. The van der Waals surface area contributed by atoms with Gasteiger partial charge in [-0.05, 0) is 203 Å². The SMILES string of the molecule is CN1CCN(C(=O)C2CCN(c3cc(NCc4ccc(Cl)cc4)nc4ccccc34)CC2)CC1.COC[C@@H]1CCCN1c1cc(NCc2ccc(Cl)cc2)nc2ccccc12.O=C(C1CCN(c2cc(NCc3ccc(Cl)cc3)nc3ccccc23)CC1)N1CCCC1.OC[C@@H]1CCCN1c1cc(NCc2ccc(Cl)cc2)nc2ccccc12.OC[C@H]1CCCN1c1cc(NCc2ccc(Cl)cc2)nc2ccccc12. The van der Waals surface area contributed by atoms with Crippen LogP contribution in [-0.2, 0) is 47.0 Å². The van der Waals surface area contributed by atoms with E-state index >= 15 is 0 Å². The van der Waals surface area contributed by atoms with Gasteiger partial charge >= 0.3 is 0 Å². The summed E-state index contributed by atoms with van der Waals surface area (Å²) in [5.74, 6) is 5.32. The van der Waals surface area contributed by atoms with E-state index in [1.807, 2.05) is 176 Å². The van der Waals surface area contributed by atoms with Crippen molar-refractivity contribution in [2.24, 2.45) is 11.8 Å². The summed E-state index contributed by atoms with van der Waals surface area (Å²) in [4.78, 5) is 68.3. The number of hydrogen-bond donors (Lipinski definition) is 7. The number of nitrogens with one attached hydrogen (secondary N) is 5. The molecule has 10 aromatic carbocycles. The van der Waals surface area contributed by atoms with Crippen LogP contribution in [0.3, 0.4) is 0 Å². The van der Waals surface area contributed by atoms with E-state index in [4.69, 9.17) is 87.7 Å². The van der Waals surface area contributed by atoms with E-state index in [0.29, 0.717) is 50.6 Å². The normalized spacial score (nSPS) is 17.2. The minimum atomic E-state index is 0.134. The number of benzene rings is 10. The molecule has 0 bridgehead atoms. The molecule has 3 atom stereocenters. The molecule has 7 aliphatic rings. The lowest BCUT2D eigenvalue weighted by Gasteiger charge is -2.38. The fourth-order valence-corrected chi connectivity index (χ4v) is 21.5. The van der Waals surface area contributed by atoms with E-state index in [1.165, 1.54) is 34.4 Å². The first-order valence-electron chi connectivity index (χ1n) is 51.1. The summed E-state index contributed by atoms with van der Waals surface area (Å²) in [7, 11) is 3.90. The largest absolute Gasteiger partial charge is 0.394 e. The number of likely N-dealkylation sites (tertiary alicyclic amines) is 1. The van der Waals surface area contributed by atoms with Gasteiger partial charge in [0.15, 0.2) is 0 Å². The molecular formula is C117H129Cl5N18O5. The van der Waals surface area contributed by atoms with Crippen LogP contribution in [0.2, 0.25) is 25.1 Å². The van der Waals surface area contributed by atoms with Crippen LogP contribution in [0.25, 0.3) is 54.5 Å². The minimum absolute atomic E-state index is 0.134. The maximum Gasteiger partial charge on any atom is 0.225 e. The van der Waals surface area contributed by atoms with Gasteiger partial charge in [-0.25, -0.2) is 24.9 Å². The number of methoxy groups -OCH3 is 1. The average molecular weight is 2040 g/mol. The number of aliphatic hydroxyl groups excluding tert-OH is 2. The average Bonchev–Trinajstić information content (AvgIpc) is 1.35. The lowest BCUT2D eigenvalue weighted by atomic mass is 9.94. The van der Waals surface area contributed by atoms with E-state index in [1.54, 1.807) is 7.11 Å². The molecule has 0 aliphatic carbocycles. The molecule has 7 fully saturated rings. The third kappa shape index (κ3) is 26.7. The molecule has 7 N–H and O–H groups in total. The molecule has 15 aromatic rings. The molecule has 28 heteroatoms. The summed E-state index contributed by atoms with van der Waals surface area (Å²) in [6.45, 7) is 16.7. The molecule has 23 nitrogen and oxygen atoms in total. The minimum Gasteiger partial charge on any atom is -0.394 e. The number of para-hydroxylation sites is 5. The Hall–Kier alpha value is -12.5. The smallest absolute Gasteiger partial charge is 0.225 e. The molecule has 12 heterocycles. The summed E-state index contributed by atoms with van der Waals surface area (Å²) >= 11 is 29.9. The zero-order valence-electron chi connectivity index (χ0n) is 82.5. The summed E-state index contributed by atoms with van der Waals surface area (Å²) in [5, 5.41) is 46.2. The van der Waals surface area contributed by atoms with Crippen molar-refractivity contribution < 1.29 is 24.5 Å². The number of halogens is 5. The van der Waals surface area contributed by atoms with Crippen LogP contribution in [0, 0.1) is 11.8 Å². The van der Waals surface area contributed by atoms with Crippen molar-refractivity contribution in [2.75, 3.05) is 170 Å². The lowest BCUT2D eigenvalue weighted by molar-refractivity contribution is -0.138. The number of ether oxygens (including phenoxy) is 1. The third-order valence-electron chi connectivity index (χ3n) is 28.8. The molecule has 7 aliphatic heterocycles. The topological polar surface area (TPSA) is 234 Å². The molecule has 0 unspecified atom stereocenters. The maximum absolute atomic E-state index is 13.1. The highest BCUT2D eigenvalue weighted by molar-refractivity contribution is 6.32. The number of fused-ring (bicyclic) bond motifs is 5. The molecule has 7 saturated heterocycles. The quantitative estimate of drug-likeness (QED) is 0.0267. The first-order chi connectivity index (χ1) is 71.0. The number of hydrogen-bond acceptors (Lipinski definition) is 21. The molecule has 752 valence electrons. The zero-order chi connectivity index (χ0) is 99.9. The van der Waals surface area contributed by atoms with Crippen LogP contribution in [0.4, 0.5) is 57.5 Å². The van der Waals surface area contributed by atoms with E-state index < -0.39 is 0 Å². The molecule has 2 amide bonds. The fraction of sp³-hybridized carbons (Fsp3) is 0.342. The molecule has 0 saturated carbocycles. The molecule has 5 aromatic heterocycles. The Balaban J connectivity index is 0.000000120. The van der Waals surface area contributed by atoms with Gasteiger partial charge in [0.05, 0.1) is 82.6 Å². The highest BCUT2D eigenvalue weighted by Gasteiger charge is 2.35. The molecule has 0 radical (unpaired) electrons. The summed E-state index contributed by atoms with van der Waals surface area (Å²) in [5.41, 5.74) is 16.6. The Labute approximate surface area is 875 Å². The second kappa shape index (κ2) is 50.1. The fourth-order valence-electron chi connectivity index (χ4n) is 20.9. The van der Waals surface area contributed by atoms with E-state index in [9.17, 15) is 19.8 Å². The number of aromatic nitrogens is 5. The van der Waals surface area contributed by atoms with E-state index in [-0.39, 0.29) is 37.1 Å². The number of pyridine rings is 5. The van der Waals surface area contributed by atoms with Crippen molar-refractivity contribution in [3.8, 4) is 0 Å². The zero-order valence-corrected chi connectivity index (χ0v) is 86.3. The van der Waals surface area contributed by atoms with Gasteiger partial charge in [-0.2, -0.15) is 0 Å². The second-order valence-electron chi connectivity index (χ2n) is 38.6. The number of nitrogens with zero attached hydrogens (tertiary/aromatic N) is 13. The second-order valence-corrected chi connectivity index (χ2v) is 40.8. The van der Waals surface area contributed by atoms with Crippen LogP contribution in [-0.4, -0.2) is 199 Å². The predicted octanol–water partition coefficient (Wildman–Crippen LogP) is 23.9. The summed E-state index contributed by atoms with van der Waals surface area (Å²) in [6, 6.07) is 92.1.